The predicted octanol–water partition coefficient (Wildman–Crippen LogP) is 7.30. The molecule has 0 N–H and O–H groups in total. The molecule has 1 aliphatic rings. The van der Waals surface area contributed by atoms with E-state index in [1.54, 1.807) is 5.56 Å². The Balaban J connectivity index is 0.000000615. The summed E-state index contributed by atoms with van der Waals surface area (Å²) >= 11 is 0. The van der Waals surface area contributed by atoms with Crippen molar-refractivity contribution in [3.05, 3.63) is 70.8 Å². The largest absolute Gasteiger partial charge is 0.0683 e. The van der Waals surface area contributed by atoms with Gasteiger partial charge in [-0.2, -0.15) is 0 Å². The molecule has 0 radical (unpaired) electrons. The van der Waals surface area contributed by atoms with Crippen LogP contribution in [0.5, 0.6) is 0 Å². The van der Waals surface area contributed by atoms with Crippen molar-refractivity contribution in [3.8, 4) is 0 Å². The summed E-state index contributed by atoms with van der Waals surface area (Å²) in [4.78, 5) is 0. The molecule has 1 fully saturated rings. The van der Waals surface area contributed by atoms with Gasteiger partial charge in [0.25, 0.3) is 0 Å². The lowest BCUT2D eigenvalue weighted by Crippen LogP contribution is -1.95. The zero-order valence-electron chi connectivity index (χ0n) is 15.7. The lowest BCUT2D eigenvalue weighted by Gasteiger charge is -2.11. The summed E-state index contributed by atoms with van der Waals surface area (Å²) in [6.45, 7) is 10.1. The van der Waals surface area contributed by atoms with Crippen LogP contribution in [0.15, 0.2) is 48.5 Å². The van der Waals surface area contributed by atoms with Crippen molar-refractivity contribution in [2.75, 3.05) is 0 Å². The quantitative estimate of drug-likeness (QED) is 0.558. The maximum Gasteiger partial charge on any atom is -0.00257 e. The lowest BCUT2D eigenvalue weighted by atomic mass is 9.94. The van der Waals surface area contributed by atoms with Gasteiger partial charge in [0.15, 0.2) is 0 Å². The first kappa shape index (κ1) is 19.5. The molecule has 0 amide bonds. The highest BCUT2D eigenvalue weighted by Crippen LogP contribution is 2.34. The summed E-state index contributed by atoms with van der Waals surface area (Å²) in [6, 6.07) is 18.1. The number of benzene rings is 2. The molecule has 1 saturated carbocycles. The minimum Gasteiger partial charge on any atom is -0.0683 e. The van der Waals surface area contributed by atoms with Crippen LogP contribution in [-0.4, -0.2) is 0 Å². The predicted molar refractivity (Wildman–Crippen MR) is 104 cm³/mol. The summed E-state index contributed by atoms with van der Waals surface area (Å²) in [5.41, 5.74) is 5.76. The van der Waals surface area contributed by atoms with Crippen molar-refractivity contribution >= 4 is 0 Å². The summed E-state index contributed by atoms with van der Waals surface area (Å²) < 4.78 is 0. The molecule has 0 spiro atoms. The molecule has 1 aliphatic carbocycles. The lowest BCUT2D eigenvalue weighted by molar-refractivity contribution is 0.722. The zero-order valence-corrected chi connectivity index (χ0v) is 15.7. The van der Waals surface area contributed by atoms with E-state index in [9.17, 15) is 0 Å². The minimum absolute atomic E-state index is 0.818. The average Bonchev–Trinajstić information content (AvgIpc) is 3.16. The number of aryl methyl sites for hydroxylation is 1. The highest BCUT2D eigenvalue weighted by Gasteiger charge is 2.16. The Hall–Kier alpha value is -1.56. The highest BCUT2D eigenvalue weighted by molar-refractivity contribution is 5.32. The van der Waals surface area contributed by atoms with Gasteiger partial charge in [0, 0.05) is 0 Å². The second-order valence-corrected chi connectivity index (χ2v) is 5.89. The Bertz CT molecular complexity index is 530. The highest BCUT2D eigenvalue weighted by atomic mass is 14.2. The fourth-order valence-electron chi connectivity index (χ4n) is 3.16. The molecule has 126 valence electrons. The van der Waals surface area contributed by atoms with E-state index in [1.165, 1.54) is 42.4 Å². The molecule has 0 nitrogen and oxygen atoms in total. The second kappa shape index (κ2) is 11.0. The van der Waals surface area contributed by atoms with Crippen molar-refractivity contribution < 1.29 is 0 Å². The van der Waals surface area contributed by atoms with Gasteiger partial charge in [-0.25, -0.2) is 0 Å². The van der Waals surface area contributed by atoms with E-state index < -0.39 is 0 Å². The first-order valence-corrected chi connectivity index (χ1v) is 9.46. The Labute approximate surface area is 144 Å². The van der Waals surface area contributed by atoms with Gasteiger partial charge >= 0.3 is 0 Å². The van der Waals surface area contributed by atoms with Crippen LogP contribution in [0.2, 0.25) is 0 Å². The summed E-state index contributed by atoms with van der Waals surface area (Å²) in [7, 11) is 0. The van der Waals surface area contributed by atoms with Crippen LogP contribution in [0.4, 0.5) is 0 Å². The van der Waals surface area contributed by atoms with Gasteiger partial charge in [-0.05, 0) is 48.8 Å². The van der Waals surface area contributed by atoms with Gasteiger partial charge in [0.2, 0.25) is 0 Å². The molecule has 0 saturated heterocycles. The average molecular weight is 311 g/mol. The molecule has 0 atom stereocenters. The fraction of sp³-hybridized carbons (Fsp3) is 0.478. The van der Waals surface area contributed by atoms with Gasteiger partial charge in [0.1, 0.15) is 0 Å². The number of hydrogen-bond acceptors (Lipinski definition) is 0. The van der Waals surface area contributed by atoms with E-state index in [-0.39, 0.29) is 0 Å². The molecule has 0 heterocycles. The first-order valence-electron chi connectivity index (χ1n) is 9.46. The standard InChI is InChI=1S/C19H22.2C2H6/c1-15-9-11-16(12-10-15)13-17-5-4-8-19(14-17)18-6-2-3-7-18;2*1-2/h4-5,8-12,14,18H,2-3,6-7,13H2,1H3;2*1-2H3. The Kier molecular flexibility index (Phi) is 9.36. The minimum atomic E-state index is 0.818. The zero-order chi connectivity index (χ0) is 17.1. The third-order valence-corrected chi connectivity index (χ3v) is 4.31. The molecular weight excluding hydrogens is 276 g/mol. The number of rotatable bonds is 3. The smallest absolute Gasteiger partial charge is 0.00257 e. The van der Waals surface area contributed by atoms with E-state index >= 15 is 0 Å². The van der Waals surface area contributed by atoms with Crippen LogP contribution >= 0.6 is 0 Å². The molecule has 23 heavy (non-hydrogen) atoms. The molecule has 3 rings (SSSR count). The number of hydrogen-bond donors (Lipinski definition) is 0. The molecule has 0 aliphatic heterocycles. The Morgan fingerprint density at radius 1 is 0.783 bits per heavy atom. The van der Waals surface area contributed by atoms with Gasteiger partial charge in [-0.15, -0.1) is 0 Å². The van der Waals surface area contributed by atoms with Gasteiger partial charge in [0.05, 0.1) is 0 Å². The Morgan fingerprint density at radius 3 is 2.00 bits per heavy atom. The van der Waals surface area contributed by atoms with E-state index in [0.717, 1.165) is 12.3 Å². The van der Waals surface area contributed by atoms with Crippen LogP contribution < -0.4 is 0 Å². The van der Waals surface area contributed by atoms with Gasteiger partial charge < -0.3 is 0 Å². The van der Waals surface area contributed by atoms with Gasteiger partial charge in [-0.1, -0.05) is 94.6 Å². The van der Waals surface area contributed by atoms with E-state index in [0.29, 0.717) is 0 Å². The summed E-state index contributed by atoms with van der Waals surface area (Å²) in [5, 5.41) is 0. The second-order valence-electron chi connectivity index (χ2n) is 5.89. The third kappa shape index (κ3) is 6.22. The van der Waals surface area contributed by atoms with Gasteiger partial charge in [-0.3, -0.25) is 0 Å². The monoisotopic (exact) mass is 310 g/mol. The summed E-state index contributed by atoms with van der Waals surface area (Å²) in [5.74, 6) is 0.818. The first-order chi connectivity index (χ1) is 11.3. The van der Waals surface area contributed by atoms with Crippen LogP contribution in [-0.2, 0) is 6.42 Å². The molecular formula is C23H34. The van der Waals surface area contributed by atoms with E-state index in [1.807, 2.05) is 27.7 Å². The molecule has 0 aromatic heterocycles. The van der Waals surface area contributed by atoms with Crippen molar-refractivity contribution in [2.24, 2.45) is 0 Å². The normalized spacial score (nSPS) is 13.6. The Morgan fingerprint density at radius 2 is 1.39 bits per heavy atom. The maximum absolute atomic E-state index is 2.43. The SMILES string of the molecule is CC.CC.Cc1ccc(Cc2cccc(C3CCCC3)c2)cc1. The van der Waals surface area contributed by atoms with Crippen molar-refractivity contribution in [1.82, 2.24) is 0 Å². The van der Waals surface area contributed by atoms with Crippen LogP contribution in [0.1, 0.15) is 81.5 Å². The van der Waals surface area contributed by atoms with Crippen LogP contribution in [0.25, 0.3) is 0 Å². The van der Waals surface area contributed by atoms with Crippen molar-refractivity contribution in [3.63, 3.8) is 0 Å². The molecule has 0 bridgehead atoms. The molecule has 2 aromatic rings. The molecule has 0 unspecified atom stereocenters. The maximum atomic E-state index is 2.43. The topological polar surface area (TPSA) is 0 Å². The molecule has 2 aromatic carbocycles. The van der Waals surface area contributed by atoms with E-state index in [4.69, 9.17) is 0 Å². The van der Waals surface area contributed by atoms with Crippen LogP contribution in [0, 0.1) is 6.92 Å². The third-order valence-electron chi connectivity index (χ3n) is 4.31. The van der Waals surface area contributed by atoms with Crippen molar-refractivity contribution in [1.29, 1.82) is 0 Å². The summed E-state index contributed by atoms with van der Waals surface area (Å²) in [6.07, 6.45) is 6.64. The van der Waals surface area contributed by atoms with E-state index in [2.05, 4.69) is 55.5 Å². The van der Waals surface area contributed by atoms with Crippen LogP contribution in [0.3, 0.4) is 0 Å². The molecule has 0 heteroatoms. The fourth-order valence-corrected chi connectivity index (χ4v) is 3.16. The van der Waals surface area contributed by atoms with Crippen molar-refractivity contribution in [2.45, 2.75) is 72.6 Å².